The molecule has 0 saturated carbocycles. The highest BCUT2D eigenvalue weighted by Gasteiger charge is 2.59. The van der Waals surface area contributed by atoms with Gasteiger partial charge >= 0.3 is 12.1 Å². The Morgan fingerprint density at radius 3 is 1.79 bits per heavy atom. The highest BCUT2D eigenvalue weighted by Crippen LogP contribution is 2.35. The van der Waals surface area contributed by atoms with Crippen molar-refractivity contribution < 1.29 is 27.4 Å². The maximum Gasteiger partial charge on any atom is 0.428 e. The molecule has 1 atom stereocenters. The Kier molecular flexibility index (Phi) is 5.62. The van der Waals surface area contributed by atoms with Crippen LogP contribution in [-0.4, -0.2) is 17.7 Å². The number of alkyl halides is 3. The molecule has 128 valence electrons. The molecule has 0 aromatic heterocycles. The van der Waals surface area contributed by atoms with Gasteiger partial charge in [-0.3, -0.25) is 0 Å². The SMILES string of the molecule is C[C@](OCc1ccccc1)(C(=O)OCc1ccccc1)C(F)(F)F. The van der Waals surface area contributed by atoms with Crippen molar-refractivity contribution in [1.82, 2.24) is 0 Å². The summed E-state index contributed by atoms with van der Waals surface area (Å²) in [7, 11) is 0. The first-order chi connectivity index (χ1) is 11.3. The third kappa shape index (κ3) is 4.35. The maximum absolute atomic E-state index is 13.4. The van der Waals surface area contributed by atoms with Crippen LogP contribution in [0.4, 0.5) is 13.2 Å². The molecule has 2 aromatic carbocycles. The zero-order valence-corrected chi connectivity index (χ0v) is 13.0. The van der Waals surface area contributed by atoms with Gasteiger partial charge in [0, 0.05) is 0 Å². The van der Waals surface area contributed by atoms with Crippen molar-refractivity contribution in [3.05, 3.63) is 71.8 Å². The zero-order chi connectivity index (χ0) is 17.6. The van der Waals surface area contributed by atoms with Crippen molar-refractivity contribution in [2.45, 2.75) is 31.9 Å². The quantitative estimate of drug-likeness (QED) is 0.738. The van der Waals surface area contributed by atoms with Gasteiger partial charge in [-0.1, -0.05) is 60.7 Å². The van der Waals surface area contributed by atoms with Gasteiger partial charge in [-0.2, -0.15) is 13.2 Å². The van der Waals surface area contributed by atoms with Gasteiger partial charge in [-0.05, 0) is 18.1 Å². The molecule has 24 heavy (non-hydrogen) atoms. The van der Waals surface area contributed by atoms with Gasteiger partial charge in [-0.15, -0.1) is 0 Å². The van der Waals surface area contributed by atoms with Crippen LogP contribution in [0.1, 0.15) is 18.1 Å². The molecule has 0 aliphatic carbocycles. The molecular formula is C18H17F3O3. The number of hydrogen-bond acceptors (Lipinski definition) is 3. The topological polar surface area (TPSA) is 35.5 Å². The molecule has 0 N–H and O–H groups in total. The van der Waals surface area contributed by atoms with Crippen LogP contribution in [0.5, 0.6) is 0 Å². The molecule has 6 heteroatoms. The van der Waals surface area contributed by atoms with E-state index >= 15 is 0 Å². The first-order valence-electron chi connectivity index (χ1n) is 7.29. The Morgan fingerprint density at radius 2 is 1.33 bits per heavy atom. The van der Waals surface area contributed by atoms with Crippen LogP contribution in [0.2, 0.25) is 0 Å². The lowest BCUT2D eigenvalue weighted by molar-refractivity contribution is -0.275. The summed E-state index contributed by atoms with van der Waals surface area (Å²) >= 11 is 0. The summed E-state index contributed by atoms with van der Waals surface area (Å²) in [5, 5.41) is 0. The Labute approximate surface area is 138 Å². The van der Waals surface area contributed by atoms with E-state index in [-0.39, 0.29) is 13.2 Å². The lowest BCUT2D eigenvalue weighted by Crippen LogP contribution is -2.52. The van der Waals surface area contributed by atoms with Gasteiger partial charge in [0.15, 0.2) is 0 Å². The van der Waals surface area contributed by atoms with Gasteiger partial charge in [0.25, 0.3) is 5.60 Å². The summed E-state index contributed by atoms with van der Waals surface area (Å²) < 4.78 is 49.8. The van der Waals surface area contributed by atoms with E-state index in [0.717, 1.165) is 0 Å². The number of ether oxygens (including phenoxy) is 2. The van der Waals surface area contributed by atoms with Gasteiger partial charge in [-0.25, -0.2) is 4.79 Å². The van der Waals surface area contributed by atoms with Crippen molar-refractivity contribution in [2.75, 3.05) is 0 Å². The van der Waals surface area contributed by atoms with E-state index in [9.17, 15) is 18.0 Å². The molecule has 0 fully saturated rings. The second-order valence-electron chi connectivity index (χ2n) is 5.37. The Balaban J connectivity index is 2.07. The van der Waals surface area contributed by atoms with Crippen LogP contribution in [0.15, 0.2) is 60.7 Å². The standard InChI is InChI=1S/C18H17F3O3/c1-17(18(19,20)21,24-13-15-10-6-3-7-11-15)16(22)23-12-14-8-4-2-5-9-14/h2-11H,12-13H2,1H3/t17-/m0/s1. The first kappa shape index (κ1) is 18.0. The number of carbonyl (C=O) groups excluding carboxylic acids is 1. The van der Waals surface area contributed by atoms with E-state index < -0.39 is 17.7 Å². The van der Waals surface area contributed by atoms with Crippen LogP contribution in [0.25, 0.3) is 0 Å². The highest BCUT2D eigenvalue weighted by molar-refractivity contribution is 5.80. The van der Waals surface area contributed by atoms with E-state index in [2.05, 4.69) is 0 Å². The molecule has 0 saturated heterocycles. The molecule has 0 aliphatic heterocycles. The number of esters is 1. The summed E-state index contributed by atoms with van der Waals surface area (Å²) in [6, 6.07) is 16.8. The molecule has 0 unspecified atom stereocenters. The van der Waals surface area contributed by atoms with Crippen LogP contribution >= 0.6 is 0 Å². The molecular weight excluding hydrogens is 321 g/mol. The fourth-order valence-corrected chi connectivity index (χ4v) is 1.92. The molecule has 0 heterocycles. The molecule has 3 nitrogen and oxygen atoms in total. The number of hydrogen-bond donors (Lipinski definition) is 0. The predicted molar refractivity (Wildman–Crippen MR) is 81.9 cm³/mol. The minimum Gasteiger partial charge on any atom is -0.458 e. The number of rotatable bonds is 6. The monoisotopic (exact) mass is 338 g/mol. The van der Waals surface area contributed by atoms with Crippen molar-refractivity contribution in [3.63, 3.8) is 0 Å². The maximum atomic E-state index is 13.4. The average molecular weight is 338 g/mol. The lowest BCUT2D eigenvalue weighted by Gasteiger charge is -2.29. The summed E-state index contributed by atoms with van der Waals surface area (Å²) in [4.78, 5) is 12.0. The van der Waals surface area contributed by atoms with E-state index in [1.807, 2.05) is 0 Å². The summed E-state index contributed by atoms with van der Waals surface area (Å²) in [5.74, 6) is -1.46. The third-order valence-corrected chi connectivity index (χ3v) is 3.51. The Bertz CT molecular complexity index is 656. The lowest BCUT2D eigenvalue weighted by atomic mass is 10.1. The van der Waals surface area contributed by atoms with Crippen LogP contribution in [0.3, 0.4) is 0 Å². The average Bonchev–Trinajstić information content (AvgIpc) is 2.58. The molecule has 0 amide bonds. The molecule has 0 bridgehead atoms. The molecule has 0 radical (unpaired) electrons. The number of halogens is 3. The van der Waals surface area contributed by atoms with Crippen molar-refractivity contribution >= 4 is 5.97 Å². The third-order valence-electron chi connectivity index (χ3n) is 3.51. The zero-order valence-electron chi connectivity index (χ0n) is 13.0. The summed E-state index contributed by atoms with van der Waals surface area (Å²) in [5.41, 5.74) is -1.90. The summed E-state index contributed by atoms with van der Waals surface area (Å²) in [6.07, 6.45) is -4.89. The Morgan fingerprint density at radius 1 is 0.875 bits per heavy atom. The predicted octanol–water partition coefficient (Wildman–Crippen LogP) is 4.27. The second kappa shape index (κ2) is 7.49. The second-order valence-corrected chi connectivity index (χ2v) is 5.37. The largest absolute Gasteiger partial charge is 0.458 e. The van der Waals surface area contributed by atoms with Crippen molar-refractivity contribution in [3.8, 4) is 0 Å². The van der Waals surface area contributed by atoms with Crippen LogP contribution in [-0.2, 0) is 27.5 Å². The number of carbonyl (C=O) groups is 1. The van der Waals surface area contributed by atoms with E-state index in [4.69, 9.17) is 9.47 Å². The van der Waals surface area contributed by atoms with Gasteiger partial charge in [0.1, 0.15) is 6.61 Å². The van der Waals surface area contributed by atoms with E-state index in [1.165, 1.54) is 0 Å². The molecule has 2 aromatic rings. The minimum atomic E-state index is -4.89. The van der Waals surface area contributed by atoms with E-state index in [0.29, 0.717) is 18.1 Å². The van der Waals surface area contributed by atoms with Crippen molar-refractivity contribution in [2.24, 2.45) is 0 Å². The smallest absolute Gasteiger partial charge is 0.428 e. The van der Waals surface area contributed by atoms with Gasteiger partial charge in [0.2, 0.25) is 0 Å². The Hall–Kier alpha value is -2.34. The molecule has 0 spiro atoms. The molecule has 0 aliphatic rings. The van der Waals surface area contributed by atoms with Gasteiger partial charge in [0.05, 0.1) is 6.61 Å². The van der Waals surface area contributed by atoms with Gasteiger partial charge < -0.3 is 9.47 Å². The first-order valence-corrected chi connectivity index (χ1v) is 7.29. The summed E-state index contributed by atoms with van der Waals surface area (Å²) in [6.45, 7) is 0.0839. The van der Waals surface area contributed by atoms with Crippen LogP contribution in [0, 0.1) is 0 Å². The molecule has 2 rings (SSSR count). The van der Waals surface area contributed by atoms with Crippen molar-refractivity contribution in [1.29, 1.82) is 0 Å². The highest BCUT2D eigenvalue weighted by atomic mass is 19.4. The minimum absolute atomic E-state index is 0.250. The number of benzene rings is 2. The fourth-order valence-electron chi connectivity index (χ4n) is 1.92. The van der Waals surface area contributed by atoms with E-state index in [1.54, 1.807) is 60.7 Å². The van der Waals surface area contributed by atoms with Crippen LogP contribution < -0.4 is 0 Å². The normalized spacial score (nSPS) is 14.0. The fraction of sp³-hybridized carbons (Fsp3) is 0.278.